The zero-order valence-electron chi connectivity index (χ0n) is 30.2. The van der Waals surface area contributed by atoms with Crippen LogP contribution in [0.2, 0.25) is 5.02 Å². The summed E-state index contributed by atoms with van der Waals surface area (Å²) in [5.74, 6) is 0.627. The fourth-order valence-electron chi connectivity index (χ4n) is 8.09. The molecule has 0 aliphatic carbocycles. The maximum Gasteiger partial charge on any atom is 0.318 e. The number of hydrogen-bond acceptors (Lipinski definition) is 9. The summed E-state index contributed by atoms with van der Waals surface area (Å²) in [5, 5.41) is 24.5. The number of anilines is 2. The van der Waals surface area contributed by atoms with E-state index in [1.165, 1.54) is 6.08 Å². The van der Waals surface area contributed by atoms with Crippen LogP contribution in [0.25, 0.3) is 15.6 Å². The number of hydrogen-bond donors (Lipinski definition) is 2. The largest absolute Gasteiger partial charge is 0.462 e. The zero-order chi connectivity index (χ0) is 37.8. The van der Waals surface area contributed by atoms with Gasteiger partial charge in [-0.25, -0.2) is 6.57 Å². The summed E-state index contributed by atoms with van der Waals surface area (Å²) in [5.41, 5.74) is 3.70. The van der Waals surface area contributed by atoms with Gasteiger partial charge in [0.1, 0.15) is 24.6 Å². The molecule has 3 aromatic carbocycles. The van der Waals surface area contributed by atoms with Crippen LogP contribution in [-0.2, 0) is 17.8 Å². The highest BCUT2D eigenvalue weighted by molar-refractivity contribution is 14.1. The number of halogens is 2. The van der Waals surface area contributed by atoms with E-state index in [1.54, 1.807) is 4.90 Å². The standard InChI is InChI=1S/C41H45ClIN7O4/c1-3-37(52)50-21-20-49(24-31(50)23-44-2)40-32-15-18-48(35-14-6-9-27-8-5-13-33(42)38(27)35)25-34(32)45-41(46-40)54-26-30-12-7-17-47(30)19-16-36(51)39(53)28-10-4-11-29(43)22-28/h3-6,8-11,13-14,22,30-31,36,39,51,53H,1,7,12,15-21,23-26H2/t30-,31-,36?,39?/m0/s1/i43+4. The predicted octanol–water partition coefficient (Wildman–Crippen LogP) is 5.90. The molecule has 11 nitrogen and oxygen atoms in total. The normalized spacial score (nSPS) is 20.0. The zero-order valence-corrected chi connectivity index (χ0v) is 33.1. The molecule has 2 fully saturated rings. The third kappa shape index (κ3) is 8.30. The first-order chi connectivity index (χ1) is 26.2. The van der Waals surface area contributed by atoms with E-state index in [1.807, 2.05) is 36.4 Å². The van der Waals surface area contributed by atoms with E-state index in [-0.39, 0.29) is 24.5 Å². The van der Waals surface area contributed by atoms with Crippen LogP contribution in [-0.4, -0.2) is 106 Å². The first-order valence-electron chi connectivity index (χ1n) is 18.6. The number of carbonyl (C=O) groups is 1. The summed E-state index contributed by atoms with van der Waals surface area (Å²) in [6.45, 7) is 16.1. The van der Waals surface area contributed by atoms with Gasteiger partial charge in [-0.1, -0.05) is 54.6 Å². The quantitative estimate of drug-likeness (QED) is 0.102. The van der Waals surface area contributed by atoms with Crippen LogP contribution in [0.4, 0.5) is 11.5 Å². The number of likely N-dealkylation sites (tertiary alicyclic amines) is 1. The lowest BCUT2D eigenvalue weighted by Gasteiger charge is -2.41. The number of aliphatic hydroxyl groups excluding tert-OH is 2. The van der Waals surface area contributed by atoms with Crippen molar-refractivity contribution < 1.29 is 19.7 Å². The summed E-state index contributed by atoms with van der Waals surface area (Å²) >= 11 is 8.97. The minimum Gasteiger partial charge on any atom is -0.462 e. The molecule has 0 spiro atoms. The molecule has 2 saturated heterocycles. The van der Waals surface area contributed by atoms with Crippen molar-refractivity contribution in [1.82, 2.24) is 19.8 Å². The van der Waals surface area contributed by atoms with Gasteiger partial charge in [0.05, 0.1) is 23.4 Å². The van der Waals surface area contributed by atoms with Crippen molar-refractivity contribution in [2.75, 3.05) is 62.2 Å². The predicted molar refractivity (Wildman–Crippen MR) is 220 cm³/mol. The van der Waals surface area contributed by atoms with Crippen LogP contribution in [0.3, 0.4) is 0 Å². The van der Waals surface area contributed by atoms with Gasteiger partial charge >= 0.3 is 6.01 Å². The topological polar surface area (TPSA) is 110 Å². The number of nitrogens with zero attached hydrogens (tertiary/aromatic N) is 7. The number of fused-ring (bicyclic) bond motifs is 2. The van der Waals surface area contributed by atoms with Gasteiger partial charge in [-0.05, 0) is 96.1 Å². The molecule has 0 radical (unpaired) electrons. The van der Waals surface area contributed by atoms with Gasteiger partial charge in [0, 0.05) is 59.0 Å². The first kappa shape index (κ1) is 38.3. The number of benzene rings is 3. The van der Waals surface area contributed by atoms with Gasteiger partial charge in [-0.3, -0.25) is 9.69 Å². The van der Waals surface area contributed by atoms with Crippen LogP contribution in [0.15, 0.2) is 73.3 Å². The van der Waals surface area contributed by atoms with E-state index in [2.05, 4.69) is 73.0 Å². The molecule has 4 atom stereocenters. The lowest BCUT2D eigenvalue weighted by atomic mass is 10.0. The fourth-order valence-corrected chi connectivity index (χ4v) is 8.94. The summed E-state index contributed by atoms with van der Waals surface area (Å²) in [4.78, 5) is 35.0. The first-order valence-corrected chi connectivity index (χ1v) is 20.0. The van der Waals surface area contributed by atoms with Gasteiger partial charge < -0.3 is 34.5 Å². The molecule has 0 saturated carbocycles. The van der Waals surface area contributed by atoms with Gasteiger partial charge in [0.2, 0.25) is 12.5 Å². The molecular formula is C41H45ClIN7O4. The Balaban J connectivity index is 1.12. The van der Waals surface area contributed by atoms with Crippen molar-refractivity contribution >= 4 is 62.4 Å². The highest BCUT2D eigenvalue weighted by Crippen LogP contribution is 2.37. The van der Waals surface area contributed by atoms with Crippen LogP contribution in [0.1, 0.15) is 42.2 Å². The SMILES string of the molecule is [C-]#[N+]C[C@H]1CN(c2nc(OC[C@@H]3CCCN3CCC(O)C(O)c3cccc([131I])c3)nc3c2CCN(c2cccc4cccc(Cl)c24)C3)CCN1C(=O)C=C. The second kappa shape index (κ2) is 17.2. The lowest BCUT2D eigenvalue weighted by molar-refractivity contribution is -0.128. The molecule has 54 heavy (non-hydrogen) atoms. The van der Waals surface area contributed by atoms with E-state index < -0.39 is 12.2 Å². The Morgan fingerprint density at radius 2 is 1.89 bits per heavy atom. The van der Waals surface area contributed by atoms with Crippen molar-refractivity contribution in [3.05, 3.63) is 110 Å². The minimum atomic E-state index is -0.949. The summed E-state index contributed by atoms with van der Waals surface area (Å²) in [6, 6.07) is 19.9. The highest BCUT2D eigenvalue weighted by atomic mass is 131. The van der Waals surface area contributed by atoms with E-state index in [4.69, 9.17) is 32.9 Å². The van der Waals surface area contributed by atoms with Crippen LogP contribution < -0.4 is 14.5 Å². The maximum atomic E-state index is 12.7. The van der Waals surface area contributed by atoms with Gasteiger partial charge in [0.25, 0.3) is 0 Å². The molecule has 7 rings (SSSR count). The molecule has 1 aromatic heterocycles. The van der Waals surface area contributed by atoms with Gasteiger partial charge in [-0.2, -0.15) is 9.97 Å². The van der Waals surface area contributed by atoms with Crippen molar-refractivity contribution in [3.8, 4) is 6.01 Å². The summed E-state index contributed by atoms with van der Waals surface area (Å²) in [6.07, 6.45) is 2.58. The van der Waals surface area contributed by atoms with Crippen molar-refractivity contribution in [3.63, 3.8) is 0 Å². The van der Waals surface area contributed by atoms with E-state index in [0.717, 1.165) is 63.0 Å². The number of aromatic nitrogens is 2. The summed E-state index contributed by atoms with van der Waals surface area (Å²) in [7, 11) is 0. The molecule has 0 bridgehead atoms. The molecule has 2 N–H and O–H groups in total. The van der Waals surface area contributed by atoms with Crippen LogP contribution in [0, 0.1) is 10.1 Å². The lowest BCUT2D eigenvalue weighted by Crippen LogP contribution is -2.56. The minimum absolute atomic E-state index is 0.112. The molecule has 4 aromatic rings. The van der Waals surface area contributed by atoms with E-state index in [9.17, 15) is 15.0 Å². The summed E-state index contributed by atoms with van der Waals surface area (Å²) < 4.78 is 7.48. The molecule has 13 heteroatoms. The molecule has 4 heterocycles. The Labute approximate surface area is 335 Å². The van der Waals surface area contributed by atoms with Crippen molar-refractivity contribution in [2.24, 2.45) is 0 Å². The fraction of sp³-hybridized carbons (Fsp3) is 0.415. The number of rotatable bonds is 12. The highest BCUT2D eigenvalue weighted by Gasteiger charge is 2.35. The Morgan fingerprint density at radius 1 is 1.07 bits per heavy atom. The number of carbonyl (C=O) groups excluding carboxylic acids is 1. The third-order valence-electron chi connectivity index (χ3n) is 10.9. The molecule has 1 amide bonds. The number of amides is 1. The van der Waals surface area contributed by atoms with Crippen molar-refractivity contribution in [2.45, 2.75) is 56.5 Å². The maximum absolute atomic E-state index is 12.7. The van der Waals surface area contributed by atoms with Crippen LogP contribution in [0.5, 0.6) is 6.01 Å². The van der Waals surface area contributed by atoms with Crippen molar-refractivity contribution in [1.29, 1.82) is 0 Å². The molecule has 282 valence electrons. The average Bonchev–Trinajstić information content (AvgIpc) is 3.65. The Kier molecular flexibility index (Phi) is 12.2. The number of piperazine rings is 1. The van der Waals surface area contributed by atoms with E-state index in [0.29, 0.717) is 68.8 Å². The molecular weight excluding hydrogens is 821 g/mol. The van der Waals surface area contributed by atoms with Gasteiger partial charge in [-0.15, -0.1) is 0 Å². The Hall–Kier alpha value is -4.00. The molecule has 3 aliphatic heterocycles. The number of aliphatic hydroxyl groups is 2. The smallest absolute Gasteiger partial charge is 0.318 e. The van der Waals surface area contributed by atoms with Crippen LogP contribution >= 0.6 is 34.2 Å². The van der Waals surface area contributed by atoms with E-state index >= 15 is 0 Å². The third-order valence-corrected chi connectivity index (χ3v) is 11.9. The average molecular weight is 866 g/mol. The molecule has 3 aliphatic rings. The monoisotopic (exact) mass is 865 g/mol. The Morgan fingerprint density at radius 3 is 2.69 bits per heavy atom. The van der Waals surface area contributed by atoms with Gasteiger partial charge in [0.15, 0.2) is 0 Å². The Bertz CT molecular complexity index is 2040. The second-order valence-corrected chi connectivity index (χ2v) is 15.9. The molecule has 2 unspecified atom stereocenters. The second-order valence-electron chi connectivity index (χ2n) is 14.2. The number of ether oxygens (including phenoxy) is 1.